The first-order chi connectivity index (χ1) is 25.6. The lowest BCUT2D eigenvalue weighted by Gasteiger charge is -2.51. The molecule has 2 unspecified atom stereocenters. The lowest BCUT2D eigenvalue weighted by atomic mass is 9.69. The van der Waals surface area contributed by atoms with Crippen molar-refractivity contribution >= 4 is 0 Å². The van der Waals surface area contributed by atoms with Gasteiger partial charge >= 0.3 is 0 Å². The van der Waals surface area contributed by atoms with Crippen LogP contribution in [0.3, 0.4) is 0 Å². The number of fused-ring (bicyclic) bond motifs is 1. The van der Waals surface area contributed by atoms with E-state index < -0.39 is 0 Å². The van der Waals surface area contributed by atoms with Gasteiger partial charge in [-0.1, -0.05) is 67.2 Å². The summed E-state index contributed by atoms with van der Waals surface area (Å²) in [6.07, 6.45) is 27.7. The van der Waals surface area contributed by atoms with Crippen LogP contribution in [0.5, 0.6) is 0 Å². The van der Waals surface area contributed by atoms with Crippen molar-refractivity contribution in [3.63, 3.8) is 0 Å². The van der Waals surface area contributed by atoms with Crippen molar-refractivity contribution in [2.45, 2.75) is 144 Å². The fraction of sp³-hybridized carbons (Fsp3) is 1.00. The van der Waals surface area contributed by atoms with Crippen LogP contribution in [-0.4, -0.2) is 188 Å². The number of nitrogens with zero attached hydrogens (tertiary/aromatic N) is 7. The van der Waals surface area contributed by atoms with E-state index in [1.807, 2.05) is 0 Å². The summed E-state index contributed by atoms with van der Waals surface area (Å²) in [5, 5.41) is 3.27. The van der Waals surface area contributed by atoms with E-state index in [2.05, 4.69) is 88.9 Å². The minimum atomic E-state index is 0. The quantitative estimate of drug-likeness (QED) is 0.261. The summed E-state index contributed by atoms with van der Waals surface area (Å²) in [6.45, 7) is 20.8. The molecule has 0 bridgehead atoms. The Kier molecular flexibility index (Phi) is 33.2. The second kappa shape index (κ2) is 33.4. The second-order valence-corrected chi connectivity index (χ2v) is 19.1. The van der Waals surface area contributed by atoms with Crippen LogP contribution in [0.15, 0.2) is 0 Å². The zero-order chi connectivity index (χ0) is 38.2. The topological polar surface area (TPSA) is 34.7 Å². The number of nitrogens with one attached hydrogen (secondary N) is 1. The van der Waals surface area contributed by atoms with E-state index in [0.717, 1.165) is 30.3 Å². The maximum Gasteiger partial charge on any atom is 0.0104 e. The Hall–Kier alpha value is -0.320. The van der Waals surface area contributed by atoms with Gasteiger partial charge in [0, 0.05) is 52.4 Å². The van der Waals surface area contributed by atoms with Crippen molar-refractivity contribution in [1.82, 2.24) is 39.6 Å². The highest BCUT2D eigenvalue weighted by atomic mass is 15.2. The zero-order valence-electron chi connectivity index (χ0n) is 37.0. The van der Waals surface area contributed by atoms with E-state index in [1.54, 1.807) is 0 Å². The molecule has 2 saturated carbocycles. The summed E-state index contributed by atoms with van der Waals surface area (Å²) in [5.41, 5.74) is 0.799. The lowest BCUT2D eigenvalue weighted by molar-refractivity contribution is -0.00940. The maximum absolute atomic E-state index is 3.27. The molecule has 0 aromatic carbocycles. The van der Waals surface area contributed by atoms with Crippen LogP contribution >= 0.6 is 0 Å². The first-order valence-electron chi connectivity index (χ1n) is 23.1. The van der Waals surface area contributed by atoms with E-state index in [1.165, 1.54) is 214 Å². The van der Waals surface area contributed by atoms with Gasteiger partial charge in [-0.15, -0.1) is 0 Å². The van der Waals surface area contributed by atoms with Crippen LogP contribution in [0.2, 0.25) is 0 Å². The molecule has 7 saturated heterocycles. The van der Waals surface area contributed by atoms with E-state index in [9.17, 15) is 0 Å². The van der Waals surface area contributed by atoms with Gasteiger partial charge in [0.15, 0.2) is 0 Å². The number of piperidine rings is 3. The van der Waals surface area contributed by atoms with Gasteiger partial charge in [-0.2, -0.15) is 0 Å². The van der Waals surface area contributed by atoms with Crippen LogP contribution in [0.25, 0.3) is 0 Å². The minimum Gasteiger partial charge on any atom is -0.314 e. The van der Waals surface area contributed by atoms with Crippen molar-refractivity contribution < 1.29 is 0 Å². The average molecular weight is 795 g/mol. The van der Waals surface area contributed by atoms with Gasteiger partial charge in [0.25, 0.3) is 0 Å². The number of likely N-dealkylation sites (N-methyl/N-ethyl adjacent to an activating group) is 1. The molecule has 9 fully saturated rings. The van der Waals surface area contributed by atoms with Crippen LogP contribution in [0.1, 0.15) is 144 Å². The van der Waals surface area contributed by atoms with E-state index in [0.29, 0.717) is 0 Å². The van der Waals surface area contributed by atoms with E-state index in [-0.39, 0.29) is 22.3 Å². The van der Waals surface area contributed by atoms with Crippen LogP contribution in [0.4, 0.5) is 0 Å². The number of piperazine rings is 1. The fourth-order valence-corrected chi connectivity index (χ4v) is 9.99. The molecule has 9 rings (SSSR count). The summed E-state index contributed by atoms with van der Waals surface area (Å²) in [4.78, 5) is 16.8. The van der Waals surface area contributed by atoms with Crippen molar-refractivity contribution in [3.05, 3.63) is 0 Å². The fourth-order valence-electron chi connectivity index (χ4n) is 9.99. The maximum atomic E-state index is 3.27. The predicted octanol–water partition coefficient (Wildman–Crippen LogP) is 8.68. The normalized spacial score (nSPS) is 28.1. The molecule has 0 radical (unpaired) electrons. The molecule has 0 aromatic heterocycles. The van der Waals surface area contributed by atoms with Crippen LogP contribution < -0.4 is 5.32 Å². The summed E-state index contributed by atoms with van der Waals surface area (Å²) < 4.78 is 0. The molecule has 0 amide bonds. The second-order valence-electron chi connectivity index (χ2n) is 19.1. The molecule has 56 heavy (non-hydrogen) atoms. The van der Waals surface area contributed by atoms with Crippen molar-refractivity contribution in [2.24, 2.45) is 17.3 Å². The van der Waals surface area contributed by atoms with Crippen molar-refractivity contribution in [1.29, 1.82) is 0 Å². The number of hydrogen-bond acceptors (Lipinski definition) is 8. The van der Waals surface area contributed by atoms with Crippen LogP contribution in [-0.2, 0) is 0 Å². The highest BCUT2D eigenvalue weighted by molar-refractivity contribution is 4.94. The number of rotatable bonds is 0. The zero-order valence-corrected chi connectivity index (χ0v) is 37.0. The monoisotopic (exact) mass is 795 g/mol. The molecule has 8 heteroatoms. The standard InChI is InChI=1S/C9H17N.C8H15N.3C6H13N.C5H12N2.C5H11N.3CH4/c1-10-7-9(8-10)5-3-2-4-6-9;1-9-5-7-3-2-4-8(7)6-9;3*1-7-5-3-2-4-6-7;1-7-4-2-6-3-5-7;1-6-4-2-3-5-6;;;/h2-8H2,1H3;7-8H,2-6H2,1H3;3*2-6H2,1H3;6H,2-5H2,1H3;2-5H2,1H3;3*1H4. The molecule has 8 nitrogen and oxygen atoms in total. The summed E-state index contributed by atoms with van der Waals surface area (Å²) in [6, 6.07) is 0. The third-order valence-corrected chi connectivity index (χ3v) is 13.4. The molecular weight excluding hydrogens is 689 g/mol. The Morgan fingerprint density at radius 2 is 0.643 bits per heavy atom. The Morgan fingerprint density at radius 3 is 0.893 bits per heavy atom. The van der Waals surface area contributed by atoms with Gasteiger partial charge < -0.3 is 39.6 Å². The summed E-state index contributed by atoms with van der Waals surface area (Å²) in [7, 11) is 15.4. The molecule has 2 atom stereocenters. The third kappa shape index (κ3) is 25.3. The molecule has 1 spiro atoms. The molecule has 9 aliphatic rings. The van der Waals surface area contributed by atoms with Gasteiger partial charge in [0.1, 0.15) is 0 Å². The first kappa shape index (κ1) is 55.7. The molecule has 0 aromatic rings. The SMILES string of the molecule is C.C.C.CN1CC2(CCCCC2)C1.CN1CC2CCCC2C1.CN1CCCC1.CN1CCCCC1.CN1CCCCC1.CN1CCCCC1.CN1CCNCC1. The highest BCUT2D eigenvalue weighted by Crippen LogP contribution is 2.42. The third-order valence-electron chi connectivity index (χ3n) is 13.4. The molecule has 1 N–H and O–H groups in total. The number of hydrogen-bond donors (Lipinski definition) is 1. The molecule has 7 aliphatic heterocycles. The Morgan fingerprint density at radius 1 is 0.339 bits per heavy atom. The molecule has 7 heterocycles. The molecular formula is C48H106N8. The van der Waals surface area contributed by atoms with Crippen molar-refractivity contribution in [2.75, 3.05) is 154 Å². The average Bonchev–Trinajstić information content (AvgIpc) is 3.90. The lowest BCUT2D eigenvalue weighted by Crippen LogP contribution is -2.54. The van der Waals surface area contributed by atoms with Gasteiger partial charge in [0.2, 0.25) is 0 Å². The number of likely N-dealkylation sites (tertiary alicyclic amines) is 6. The van der Waals surface area contributed by atoms with E-state index in [4.69, 9.17) is 0 Å². The largest absolute Gasteiger partial charge is 0.314 e. The van der Waals surface area contributed by atoms with Crippen molar-refractivity contribution in [3.8, 4) is 0 Å². The van der Waals surface area contributed by atoms with Gasteiger partial charge in [0.05, 0.1) is 0 Å². The smallest absolute Gasteiger partial charge is 0.0104 e. The Bertz CT molecular complexity index is 747. The first-order valence-corrected chi connectivity index (χ1v) is 23.1. The van der Waals surface area contributed by atoms with Gasteiger partial charge in [-0.05, 0) is 196 Å². The highest BCUT2D eigenvalue weighted by Gasteiger charge is 2.41. The van der Waals surface area contributed by atoms with Gasteiger partial charge in [-0.25, -0.2) is 0 Å². The minimum absolute atomic E-state index is 0. The van der Waals surface area contributed by atoms with E-state index >= 15 is 0 Å². The van der Waals surface area contributed by atoms with Crippen LogP contribution in [0, 0.1) is 17.3 Å². The predicted molar refractivity (Wildman–Crippen MR) is 253 cm³/mol. The summed E-state index contributed by atoms with van der Waals surface area (Å²) in [5.74, 6) is 2.16. The Labute approximate surface area is 354 Å². The summed E-state index contributed by atoms with van der Waals surface area (Å²) >= 11 is 0. The Balaban J connectivity index is 0.000000629. The molecule has 338 valence electrons. The van der Waals surface area contributed by atoms with Gasteiger partial charge in [-0.3, -0.25) is 0 Å². The molecule has 2 aliphatic carbocycles.